The van der Waals surface area contributed by atoms with Crippen LogP contribution in [0.5, 0.6) is 0 Å². The first-order chi connectivity index (χ1) is 18.7. The summed E-state index contributed by atoms with van der Waals surface area (Å²) >= 11 is 0. The fraction of sp³-hybridized carbons (Fsp3) is 0.536. The number of aromatic nitrogens is 3. The minimum atomic E-state index is -0.423. The van der Waals surface area contributed by atoms with E-state index in [-0.39, 0.29) is 17.7 Å². The quantitative estimate of drug-likeness (QED) is 0.528. The Bertz CT molecular complexity index is 1400. The lowest BCUT2D eigenvalue weighted by molar-refractivity contribution is -0.0327. The van der Waals surface area contributed by atoms with Crippen molar-refractivity contribution in [2.24, 2.45) is 5.73 Å². The highest BCUT2D eigenvalue weighted by Gasteiger charge is 2.35. The second kappa shape index (κ2) is 9.93. The van der Waals surface area contributed by atoms with Crippen LogP contribution in [-0.4, -0.2) is 96.1 Å². The molecule has 2 unspecified atom stereocenters. The Kier molecular flexibility index (Phi) is 6.57. The highest BCUT2D eigenvalue weighted by atomic mass is 19.1. The summed E-state index contributed by atoms with van der Waals surface area (Å²) in [4.78, 5) is 14.1. The van der Waals surface area contributed by atoms with Gasteiger partial charge in [-0.05, 0) is 44.5 Å². The summed E-state index contributed by atoms with van der Waals surface area (Å²) in [6.07, 6.45) is 3.14. The fourth-order valence-electron chi connectivity index (χ4n) is 6.23. The van der Waals surface area contributed by atoms with Crippen molar-refractivity contribution in [2.45, 2.75) is 38.5 Å². The predicted molar refractivity (Wildman–Crippen MR) is 149 cm³/mol. The maximum absolute atomic E-state index is 14.7. The first-order valence-electron chi connectivity index (χ1n) is 13.7. The average molecular weight is 534 g/mol. The van der Waals surface area contributed by atoms with E-state index in [1.54, 1.807) is 6.07 Å². The van der Waals surface area contributed by atoms with Gasteiger partial charge in [-0.1, -0.05) is 0 Å². The van der Waals surface area contributed by atoms with Gasteiger partial charge in [-0.3, -0.25) is 4.90 Å². The molecule has 3 aliphatic heterocycles. The number of hydrogen-bond acceptors (Lipinski definition) is 9. The molecule has 6 rings (SSSR count). The molecule has 2 atom stereocenters. The zero-order valence-electron chi connectivity index (χ0n) is 22.8. The molecule has 3 aliphatic rings. The average Bonchev–Trinajstić information content (AvgIpc) is 3.28. The van der Waals surface area contributed by atoms with Gasteiger partial charge in [0.2, 0.25) is 0 Å². The molecular formula is C28H36FN9O. The van der Waals surface area contributed by atoms with Crippen molar-refractivity contribution in [2.75, 3.05) is 73.6 Å². The summed E-state index contributed by atoms with van der Waals surface area (Å²) in [6, 6.07) is 7.83. The number of piperazine rings is 1. The Hall–Kier alpha value is -3.46. The van der Waals surface area contributed by atoms with Crippen LogP contribution in [0, 0.1) is 24.1 Å². The van der Waals surface area contributed by atoms with E-state index in [9.17, 15) is 9.65 Å². The van der Waals surface area contributed by atoms with Crippen LogP contribution in [0.1, 0.15) is 25.1 Å². The number of anilines is 3. The van der Waals surface area contributed by atoms with E-state index in [1.165, 1.54) is 16.3 Å². The summed E-state index contributed by atoms with van der Waals surface area (Å²) in [5.74, 6) is 0.629. The summed E-state index contributed by atoms with van der Waals surface area (Å²) < 4.78 is 22.4. The highest BCUT2D eigenvalue weighted by Crippen LogP contribution is 2.30. The number of rotatable bonds is 5. The molecule has 39 heavy (non-hydrogen) atoms. The number of nitriles is 1. The Balaban J connectivity index is 1.08. The van der Waals surface area contributed by atoms with E-state index in [0.29, 0.717) is 24.3 Å². The van der Waals surface area contributed by atoms with Gasteiger partial charge < -0.3 is 25.2 Å². The van der Waals surface area contributed by atoms with Crippen molar-refractivity contribution in [1.29, 1.82) is 5.26 Å². The third-order valence-corrected chi connectivity index (χ3v) is 8.02. The predicted octanol–water partition coefficient (Wildman–Crippen LogP) is 2.00. The van der Waals surface area contributed by atoms with Gasteiger partial charge >= 0.3 is 0 Å². The molecule has 206 valence electrons. The molecule has 3 aromatic heterocycles. The van der Waals surface area contributed by atoms with Crippen LogP contribution in [0.4, 0.5) is 21.6 Å². The summed E-state index contributed by atoms with van der Waals surface area (Å²) in [5.41, 5.74) is 9.80. The van der Waals surface area contributed by atoms with Crippen molar-refractivity contribution < 1.29 is 9.13 Å². The van der Waals surface area contributed by atoms with Crippen LogP contribution >= 0.6 is 0 Å². The Labute approximate surface area is 228 Å². The Morgan fingerprint density at radius 2 is 1.90 bits per heavy atom. The number of halogens is 1. The molecule has 3 saturated heterocycles. The molecule has 0 saturated carbocycles. The molecular weight excluding hydrogens is 497 g/mol. The van der Waals surface area contributed by atoms with E-state index in [1.807, 2.05) is 12.3 Å². The van der Waals surface area contributed by atoms with Crippen molar-refractivity contribution in [1.82, 2.24) is 19.5 Å². The number of fused-ring (bicyclic) bond motifs is 1. The minimum absolute atomic E-state index is 0.000578. The zero-order chi connectivity index (χ0) is 27.3. The molecule has 3 aromatic rings. The molecule has 0 aliphatic carbocycles. The number of aryl methyl sites for hydroxylation is 1. The highest BCUT2D eigenvalue weighted by molar-refractivity contribution is 5.74. The van der Waals surface area contributed by atoms with Gasteiger partial charge in [-0.15, -0.1) is 0 Å². The third kappa shape index (κ3) is 5.00. The maximum atomic E-state index is 14.7. The van der Waals surface area contributed by atoms with Crippen LogP contribution in [-0.2, 0) is 4.74 Å². The maximum Gasteiger partial charge on any atom is 0.171 e. The van der Waals surface area contributed by atoms with Gasteiger partial charge in [0.1, 0.15) is 23.1 Å². The first-order valence-corrected chi connectivity index (χ1v) is 13.7. The Morgan fingerprint density at radius 3 is 2.59 bits per heavy atom. The number of morpholine rings is 1. The summed E-state index contributed by atoms with van der Waals surface area (Å²) in [6.45, 7) is 13.8. The lowest BCUT2D eigenvalue weighted by Gasteiger charge is -2.47. The number of ether oxygens (including phenoxy) is 1. The third-order valence-electron chi connectivity index (χ3n) is 8.02. The number of hydrogen-bond donors (Lipinski definition) is 1. The molecule has 3 fully saturated rings. The van der Waals surface area contributed by atoms with Gasteiger partial charge in [-0.2, -0.15) is 10.4 Å². The molecule has 10 nitrogen and oxygen atoms in total. The van der Waals surface area contributed by atoms with Crippen LogP contribution in [0.3, 0.4) is 0 Å². The minimum Gasteiger partial charge on any atom is -0.370 e. The normalized spacial score (nSPS) is 23.6. The smallest absolute Gasteiger partial charge is 0.171 e. The molecule has 11 heteroatoms. The van der Waals surface area contributed by atoms with Crippen LogP contribution in [0.25, 0.3) is 5.52 Å². The SMILES string of the molecule is Cc1cc(N2CC(C)(N)C2)cnc1N1CCN(CC2CN(c3ccc(C#N)n4ncc(F)c34)CC(C)O2)CC1. The Morgan fingerprint density at radius 1 is 1.13 bits per heavy atom. The zero-order valence-corrected chi connectivity index (χ0v) is 22.8. The van der Waals surface area contributed by atoms with Gasteiger partial charge in [0.15, 0.2) is 5.82 Å². The van der Waals surface area contributed by atoms with Gasteiger partial charge in [0, 0.05) is 64.4 Å². The van der Waals surface area contributed by atoms with E-state index in [4.69, 9.17) is 15.5 Å². The van der Waals surface area contributed by atoms with Crippen molar-refractivity contribution in [3.05, 3.63) is 47.7 Å². The standard InChI is InChI=1S/C28H36FN9O/c1-19-10-22(37-17-28(3,31)18-37)12-32-27(19)35-8-6-34(7-9-35)15-23-16-36(14-20(2)39-23)25-5-4-21(11-30)38-26(25)24(29)13-33-38/h4-5,10,12-13,20,23H,6-9,14-18,31H2,1-3H3. The fourth-order valence-corrected chi connectivity index (χ4v) is 6.23. The van der Waals surface area contributed by atoms with Crippen molar-refractivity contribution >= 4 is 22.7 Å². The number of nitrogens with two attached hydrogens (primary N) is 1. The number of nitrogens with zero attached hydrogens (tertiary/aromatic N) is 8. The van der Waals surface area contributed by atoms with E-state index >= 15 is 0 Å². The molecule has 6 heterocycles. The largest absolute Gasteiger partial charge is 0.370 e. The van der Waals surface area contributed by atoms with Gasteiger partial charge in [-0.25, -0.2) is 13.9 Å². The number of pyridine rings is 2. The molecule has 0 amide bonds. The van der Waals surface area contributed by atoms with Gasteiger partial charge in [0.25, 0.3) is 0 Å². The second-order valence-electron chi connectivity index (χ2n) is 11.6. The van der Waals surface area contributed by atoms with Crippen LogP contribution < -0.4 is 20.4 Å². The van der Waals surface area contributed by atoms with Crippen molar-refractivity contribution in [3.63, 3.8) is 0 Å². The monoisotopic (exact) mass is 533 g/mol. The lowest BCUT2D eigenvalue weighted by Crippen LogP contribution is -2.65. The van der Waals surface area contributed by atoms with E-state index in [0.717, 1.165) is 63.0 Å². The van der Waals surface area contributed by atoms with E-state index < -0.39 is 5.82 Å². The van der Waals surface area contributed by atoms with Gasteiger partial charge in [0.05, 0.1) is 36.0 Å². The molecule has 0 spiro atoms. The lowest BCUT2D eigenvalue weighted by atomic mass is 9.93. The first kappa shape index (κ1) is 25.8. The molecule has 2 N–H and O–H groups in total. The summed E-state index contributed by atoms with van der Waals surface area (Å²) in [7, 11) is 0. The molecule has 0 aromatic carbocycles. The van der Waals surface area contributed by atoms with Crippen LogP contribution in [0.15, 0.2) is 30.6 Å². The van der Waals surface area contributed by atoms with E-state index in [2.05, 4.69) is 57.6 Å². The molecule has 0 bridgehead atoms. The van der Waals surface area contributed by atoms with Crippen LogP contribution in [0.2, 0.25) is 0 Å². The summed E-state index contributed by atoms with van der Waals surface area (Å²) in [5, 5.41) is 13.5. The van der Waals surface area contributed by atoms with Crippen molar-refractivity contribution in [3.8, 4) is 6.07 Å². The topological polar surface area (TPSA) is 102 Å². The second-order valence-corrected chi connectivity index (χ2v) is 11.6. The molecule has 0 radical (unpaired) electrons.